The lowest BCUT2D eigenvalue weighted by Crippen LogP contribution is -2.28. The number of methoxy groups -OCH3 is 1. The van der Waals surface area contributed by atoms with Crippen molar-refractivity contribution in [2.45, 2.75) is 35.5 Å². The zero-order valence-corrected chi connectivity index (χ0v) is 50.3. The Labute approximate surface area is 532 Å². The van der Waals surface area contributed by atoms with Gasteiger partial charge in [0.15, 0.2) is 0 Å². The molecule has 0 amide bonds. The Hall–Kier alpha value is -12.0. The quantitative estimate of drug-likeness (QED) is 0.0975. The van der Waals surface area contributed by atoms with Gasteiger partial charge >= 0.3 is 5.97 Å². The van der Waals surface area contributed by atoms with E-state index in [2.05, 4.69) is 30.3 Å². The molecule has 41 aromatic carbocycles. The zero-order chi connectivity index (χ0) is 58.4. The first-order valence-electron chi connectivity index (χ1n) is 36.7. The van der Waals surface area contributed by atoms with Crippen molar-refractivity contribution in [3.8, 4) is 0 Å². The van der Waals surface area contributed by atoms with Crippen molar-refractivity contribution in [2.75, 3.05) is 7.11 Å². The van der Waals surface area contributed by atoms with E-state index < -0.39 is 16.2 Å². The molecule has 1 unspecified atom stereocenters. The Balaban J connectivity index is 1.01. The van der Waals surface area contributed by atoms with Crippen LogP contribution in [0, 0.1) is 0 Å². The lowest BCUT2D eigenvalue weighted by molar-refractivity contribution is -0.140. The first kappa shape index (κ1) is 36.8. The van der Waals surface area contributed by atoms with Gasteiger partial charge in [-0.05, 0) is 450 Å². The molecule has 0 aromatic heterocycles. The van der Waals surface area contributed by atoms with E-state index >= 15 is 0 Å². The minimum absolute atomic E-state index is 0.0798. The molecular formula is C96H14O2. The predicted molar refractivity (Wildman–Crippen MR) is 412 cm³/mol. The lowest BCUT2D eigenvalue weighted by Gasteiger charge is -2.36. The highest BCUT2D eigenvalue weighted by Crippen LogP contribution is 2.97. The second-order valence-electron chi connectivity index (χ2n) is 36.0. The molecule has 2 heteroatoms. The fraction of sp³-hybridized carbons (Fsp3) is 0.0729. The summed E-state index contributed by atoms with van der Waals surface area (Å²) in [5.41, 5.74) is 6.93. The number of hydrogen-bond acceptors (Lipinski definition) is 2. The van der Waals surface area contributed by atoms with Crippen molar-refractivity contribution in [3.05, 3.63) is 58.1 Å². The van der Waals surface area contributed by atoms with E-state index in [0.717, 1.165) is 12.8 Å². The third-order valence-electron chi connectivity index (χ3n) is 36.0. The molecule has 2 spiro atoms. The molecule has 1 saturated carbocycles. The minimum Gasteiger partial charge on any atom is -0.469 e. The summed E-state index contributed by atoms with van der Waals surface area (Å²) in [4.78, 5) is 14.3. The Bertz CT molecular complexity index is 10700. The van der Waals surface area contributed by atoms with Gasteiger partial charge < -0.3 is 4.74 Å². The van der Waals surface area contributed by atoms with Crippen molar-refractivity contribution in [1.82, 2.24) is 0 Å². The SMILES string of the molecule is COC(=O)CCCC1(c2ccccc2)C23c4c5c6c2c2c7c8c9c%10c(c%11c4c4c%12c5c5c%13c6c6c2c2c%14c7c7c9c9c%15c%10c%10c%11c%11c4c4c%16c%12c%12c5c5c%13c%13c6c6c2c2c%14c%14c7c9c7c9c%15c%10c%10c%11c4c4c%11c%16c%12c%12c5c5c%13c6c6c2c2c%14c7c7c9c%10c4c4c7c2c2c6c5c%12c%11c42)C813. The van der Waals surface area contributed by atoms with Crippen LogP contribution in [0.1, 0.15) is 47.1 Å². The van der Waals surface area contributed by atoms with Crippen molar-refractivity contribution in [1.29, 1.82) is 0 Å². The second kappa shape index (κ2) is 8.42. The summed E-state index contributed by atoms with van der Waals surface area (Å²) in [6.45, 7) is 0. The molecule has 0 radical (unpaired) electrons. The van der Waals surface area contributed by atoms with Gasteiger partial charge in [-0.25, -0.2) is 0 Å². The van der Waals surface area contributed by atoms with Crippen LogP contribution < -0.4 is 0 Å². The van der Waals surface area contributed by atoms with Gasteiger partial charge in [0.25, 0.3) is 0 Å². The van der Waals surface area contributed by atoms with Crippen molar-refractivity contribution < 1.29 is 9.53 Å². The molecule has 0 N–H and O–H groups in total. The lowest BCUT2D eigenvalue weighted by atomic mass is 9.64. The molecule has 2 nitrogen and oxygen atoms in total. The van der Waals surface area contributed by atoms with E-state index in [4.69, 9.17) is 4.74 Å². The predicted octanol–water partition coefficient (Wildman–Crippen LogP) is 25.7. The van der Waals surface area contributed by atoms with Crippen LogP contribution in [-0.2, 0) is 25.8 Å². The number of esters is 1. The maximum atomic E-state index is 14.3. The molecule has 0 saturated heterocycles. The van der Waals surface area contributed by atoms with Crippen LogP contribution >= 0.6 is 0 Å². The van der Waals surface area contributed by atoms with Gasteiger partial charge in [-0.15, -0.1) is 0 Å². The van der Waals surface area contributed by atoms with E-state index in [-0.39, 0.29) is 5.97 Å². The highest BCUT2D eigenvalue weighted by atomic mass is 16.5. The number of rotatable bonds is 5. The van der Waals surface area contributed by atoms with Gasteiger partial charge in [-0.1, -0.05) is 30.3 Å². The summed E-state index contributed by atoms with van der Waals surface area (Å²) in [5.74, 6) is -0.0798. The Kier molecular flexibility index (Phi) is 3.16. The number of benzene rings is 31. The standard InChI is InChI=1S/C96H14O2/c1-98-11(97)8-5-9-94(10-6-3-2-4-7-10)95-90-82-74-62-50-41-32-26-19-17-12-13-16-14-15(12)22-30-24(17)35-37(26)44(50)58-46(35)52-42(30)54-48-33(22)28-21(14)29-34-23(16)31-25-18(13)20(19)27(32)38-36(25)47-53-43(31)55-49(34)61-57-40(29)39(28)56-60(48)72-78-66(54)64(52)76(70(58)74)84(90)86(78)92-88-80(72)68(56)69(57)81-73(61)79-67(55)65(53)77-71-59(47)45(38)51(41)63(62)75(71)83(82)91(95)85(77)87(79)93(89(81)88)96(92,94)95/h2-4,6-7H,5,8-9H2,1H3. The van der Waals surface area contributed by atoms with Crippen LogP contribution in [0.2, 0.25) is 0 Å². The first-order valence-corrected chi connectivity index (χ1v) is 36.7. The highest BCUT2D eigenvalue weighted by Gasteiger charge is 2.94. The third-order valence-corrected chi connectivity index (χ3v) is 36.0. The molecule has 1 atom stereocenters. The van der Waals surface area contributed by atoms with Gasteiger partial charge in [-0.2, -0.15) is 0 Å². The van der Waals surface area contributed by atoms with Crippen LogP contribution in [0.4, 0.5) is 0 Å². The summed E-state index contributed by atoms with van der Waals surface area (Å²) < 4.78 is 5.78. The number of carbonyl (C=O) groups is 1. The summed E-state index contributed by atoms with van der Waals surface area (Å²) in [6, 6.07) is 12.4. The van der Waals surface area contributed by atoms with Crippen molar-refractivity contribution in [2.24, 2.45) is 0 Å². The maximum Gasteiger partial charge on any atom is 0.305 e. The van der Waals surface area contributed by atoms with E-state index in [1.807, 2.05) is 0 Å². The smallest absolute Gasteiger partial charge is 0.305 e. The average Bonchev–Trinajstić information content (AvgIpc) is 1.36. The van der Waals surface area contributed by atoms with Crippen molar-refractivity contribution in [3.63, 3.8) is 0 Å². The molecule has 1 fully saturated rings. The highest BCUT2D eigenvalue weighted by molar-refractivity contribution is 6.86. The summed E-state index contributed by atoms with van der Waals surface area (Å²) in [7, 11) is 1.63. The van der Waals surface area contributed by atoms with Crippen LogP contribution in [0.3, 0.4) is 0 Å². The molecule has 5 aliphatic rings. The topological polar surface area (TPSA) is 26.3 Å². The monoisotopic (exact) mass is 1200 g/mol. The molecule has 98 heavy (non-hydrogen) atoms. The summed E-state index contributed by atoms with van der Waals surface area (Å²) in [6.07, 6.45) is 2.07. The van der Waals surface area contributed by atoms with E-state index in [0.29, 0.717) is 6.42 Å². The zero-order valence-electron chi connectivity index (χ0n) is 50.3. The van der Waals surface area contributed by atoms with Gasteiger partial charge in [-0.3, -0.25) is 4.79 Å². The third kappa shape index (κ3) is 1.96. The minimum atomic E-state index is -0.484. The molecule has 0 bridgehead atoms. The molecule has 5 aliphatic carbocycles. The van der Waals surface area contributed by atoms with Gasteiger partial charge in [0, 0.05) is 33.4 Å². The number of ether oxygens (including phenoxy) is 1. The van der Waals surface area contributed by atoms with Gasteiger partial charge in [0.05, 0.1) is 7.11 Å². The summed E-state index contributed by atoms with van der Waals surface area (Å²) >= 11 is 0. The number of hydrogen-bond donors (Lipinski definition) is 0. The second-order valence-corrected chi connectivity index (χ2v) is 36.0. The molecule has 410 valence electrons. The maximum absolute atomic E-state index is 14.3. The molecular weight excluding hydrogens is 1190 g/mol. The normalized spacial score (nSPS) is 22.2. The molecule has 41 aromatic rings. The fourth-order valence-electron chi connectivity index (χ4n) is 36.0. The van der Waals surface area contributed by atoms with Crippen LogP contribution in [0.5, 0.6) is 0 Å². The largest absolute Gasteiger partial charge is 0.469 e. The number of carbonyl (C=O) groups excluding carboxylic acids is 1. The van der Waals surface area contributed by atoms with E-state index in [1.54, 1.807) is 449 Å². The van der Waals surface area contributed by atoms with Crippen molar-refractivity contribution >= 4 is 426 Å². The Morgan fingerprint density at radius 1 is 0.224 bits per heavy atom. The fourth-order valence-corrected chi connectivity index (χ4v) is 36.0. The van der Waals surface area contributed by atoms with E-state index in [1.165, 1.54) is 5.56 Å². The van der Waals surface area contributed by atoms with Crippen LogP contribution in [-0.4, -0.2) is 13.1 Å². The molecule has 46 rings (SSSR count). The Morgan fingerprint density at radius 2 is 0.367 bits per heavy atom. The first-order chi connectivity index (χ1) is 48.8. The van der Waals surface area contributed by atoms with E-state index in [9.17, 15) is 4.79 Å². The van der Waals surface area contributed by atoms with Gasteiger partial charge in [0.1, 0.15) is 0 Å². The molecule has 0 heterocycles. The van der Waals surface area contributed by atoms with Crippen LogP contribution in [0.15, 0.2) is 30.3 Å². The van der Waals surface area contributed by atoms with Crippen LogP contribution in [0.25, 0.3) is 420 Å². The molecule has 0 aliphatic heterocycles. The summed E-state index contributed by atoms with van der Waals surface area (Å²) in [5, 5.41) is 128. The average molecular weight is 1200 g/mol. The Morgan fingerprint density at radius 3 is 0.510 bits per heavy atom. The van der Waals surface area contributed by atoms with Gasteiger partial charge in [0.2, 0.25) is 0 Å².